The minimum absolute atomic E-state index is 0.139. The lowest BCUT2D eigenvalue weighted by atomic mass is 9.90. The van der Waals surface area contributed by atoms with Crippen LogP contribution in [0.3, 0.4) is 0 Å². The molecule has 1 aromatic carbocycles. The minimum Gasteiger partial charge on any atom is -0.366 e. The van der Waals surface area contributed by atoms with Crippen LogP contribution >= 0.6 is 0 Å². The molecule has 1 aromatic heterocycles. The number of likely N-dealkylation sites (tertiary alicyclic amines) is 1. The van der Waals surface area contributed by atoms with Gasteiger partial charge < -0.3 is 10.6 Å². The van der Waals surface area contributed by atoms with Crippen LogP contribution in [0.15, 0.2) is 42.6 Å². The van der Waals surface area contributed by atoms with Crippen LogP contribution in [0.1, 0.15) is 39.3 Å². The van der Waals surface area contributed by atoms with Crippen molar-refractivity contribution in [1.82, 2.24) is 9.88 Å². The molecule has 6 heteroatoms. The van der Waals surface area contributed by atoms with E-state index >= 15 is 0 Å². The SMILES string of the molecule is NC(=O)c1ccc(C(=O)N2CCC(Cc3cccc(F)c3)CC2)nc1. The number of pyridine rings is 1. The molecule has 0 bridgehead atoms. The van der Waals surface area contributed by atoms with Gasteiger partial charge in [-0.05, 0) is 55.0 Å². The third kappa shape index (κ3) is 4.21. The van der Waals surface area contributed by atoms with Crippen molar-refractivity contribution in [2.75, 3.05) is 13.1 Å². The Bertz CT molecular complexity index is 768. The van der Waals surface area contributed by atoms with Crippen molar-refractivity contribution in [3.8, 4) is 0 Å². The van der Waals surface area contributed by atoms with E-state index < -0.39 is 5.91 Å². The summed E-state index contributed by atoms with van der Waals surface area (Å²) in [5.41, 5.74) is 6.76. The molecule has 2 amide bonds. The number of nitrogens with two attached hydrogens (primary N) is 1. The van der Waals surface area contributed by atoms with Gasteiger partial charge in [0.15, 0.2) is 0 Å². The lowest BCUT2D eigenvalue weighted by molar-refractivity contribution is 0.0684. The number of hydrogen-bond acceptors (Lipinski definition) is 3. The molecule has 1 saturated heterocycles. The molecule has 130 valence electrons. The molecule has 2 aromatic rings. The maximum atomic E-state index is 13.3. The summed E-state index contributed by atoms with van der Waals surface area (Å²) in [7, 11) is 0. The molecule has 1 aliphatic rings. The zero-order valence-electron chi connectivity index (χ0n) is 13.8. The van der Waals surface area contributed by atoms with Crippen LogP contribution < -0.4 is 5.73 Å². The quantitative estimate of drug-likeness (QED) is 0.928. The van der Waals surface area contributed by atoms with Gasteiger partial charge in [0.2, 0.25) is 5.91 Å². The van der Waals surface area contributed by atoms with Gasteiger partial charge in [-0.2, -0.15) is 0 Å². The molecule has 3 rings (SSSR count). The summed E-state index contributed by atoms with van der Waals surface area (Å²) in [6.07, 6.45) is 3.90. The van der Waals surface area contributed by atoms with E-state index in [0.29, 0.717) is 24.7 Å². The highest BCUT2D eigenvalue weighted by Crippen LogP contribution is 2.23. The Morgan fingerprint density at radius 3 is 2.56 bits per heavy atom. The molecule has 25 heavy (non-hydrogen) atoms. The zero-order valence-corrected chi connectivity index (χ0v) is 13.8. The van der Waals surface area contributed by atoms with Gasteiger partial charge in [-0.3, -0.25) is 14.6 Å². The predicted octanol–water partition coefficient (Wildman–Crippen LogP) is 2.41. The van der Waals surface area contributed by atoms with Crippen molar-refractivity contribution in [1.29, 1.82) is 0 Å². The highest BCUT2D eigenvalue weighted by atomic mass is 19.1. The van der Waals surface area contributed by atoms with Gasteiger partial charge in [0.1, 0.15) is 11.5 Å². The number of hydrogen-bond donors (Lipinski definition) is 1. The number of aromatic nitrogens is 1. The number of carbonyl (C=O) groups is 2. The van der Waals surface area contributed by atoms with Gasteiger partial charge in [0.05, 0.1) is 5.56 Å². The molecular weight excluding hydrogens is 321 g/mol. The third-order valence-corrected chi connectivity index (χ3v) is 4.58. The van der Waals surface area contributed by atoms with E-state index in [4.69, 9.17) is 5.73 Å². The molecule has 0 saturated carbocycles. The molecule has 0 radical (unpaired) electrons. The van der Waals surface area contributed by atoms with E-state index in [2.05, 4.69) is 4.98 Å². The topological polar surface area (TPSA) is 76.3 Å². The van der Waals surface area contributed by atoms with Crippen molar-refractivity contribution in [3.05, 3.63) is 65.2 Å². The van der Waals surface area contributed by atoms with Crippen LogP contribution in [0.5, 0.6) is 0 Å². The number of benzene rings is 1. The van der Waals surface area contributed by atoms with Crippen LogP contribution in [0.2, 0.25) is 0 Å². The largest absolute Gasteiger partial charge is 0.366 e. The fourth-order valence-corrected chi connectivity index (χ4v) is 3.17. The minimum atomic E-state index is -0.565. The van der Waals surface area contributed by atoms with Crippen LogP contribution in [0.4, 0.5) is 4.39 Å². The second kappa shape index (κ2) is 7.42. The standard InChI is InChI=1S/C19H20FN3O2/c20-16-3-1-2-14(11-16)10-13-6-8-23(9-7-13)19(25)17-5-4-15(12-22-17)18(21)24/h1-5,11-13H,6-10H2,(H2,21,24). The smallest absolute Gasteiger partial charge is 0.272 e. The molecule has 0 spiro atoms. The highest BCUT2D eigenvalue weighted by Gasteiger charge is 2.24. The fraction of sp³-hybridized carbons (Fsp3) is 0.316. The average Bonchev–Trinajstić information content (AvgIpc) is 2.62. The first kappa shape index (κ1) is 17.1. The lowest BCUT2D eigenvalue weighted by Gasteiger charge is -2.32. The molecule has 1 aliphatic heterocycles. The van der Waals surface area contributed by atoms with Crippen LogP contribution in [-0.4, -0.2) is 34.8 Å². The Labute approximate surface area is 145 Å². The van der Waals surface area contributed by atoms with Crippen LogP contribution in [0, 0.1) is 11.7 Å². The Morgan fingerprint density at radius 2 is 1.96 bits per heavy atom. The van der Waals surface area contributed by atoms with Gasteiger partial charge in [-0.25, -0.2) is 4.39 Å². The summed E-state index contributed by atoms with van der Waals surface area (Å²) in [5, 5.41) is 0. The Hall–Kier alpha value is -2.76. The number of rotatable bonds is 4. The van der Waals surface area contributed by atoms with Crippen molar-refractivity contribution in [2.45, 2.75) is 19.3 Å². The summed E-state index contributed by atoms with van der Waals surface area (Å²) in [6, 6.07) is 9.72. The highest BCUT2D eigenvalue weighted by molar-refractivity contribution is 5.95. The Morgan fingerprint density at radius 1 is 1.20 bits per heavy atom. The molecule has 5 nitrogen and oxygen atoms in total. The first-order valence-electron chi connectivity index (χ1n) is 8.32. The zero-order chi connectivity index (χ0) is 17.8. The van der Waals surface area contributed by atoms with Gasteiger partial charge in [0, 0.05) is 19.3 Å². The fourth-order valence-electron chi connectivity index (χ4n) is 3.17. The third-order valence-electron chi connectivity index (χ3n) is 4.58. The number of amides is 2. The van der Waals surface area contributed by atoms with E-state index in [0.717, 1.165) is 24.8 Å². The van der Waals surface area contributed by atoms with Gasteiger partial charge in [-0.15, -0.1) is 0 Å². The van der Waals surface area contributed by atoms with Crippen LogP contribution in [-0.2, 0) is 6.42 Å². The summed E-state index contributed by atoms with van der Waals surface area (Å²) < 4.78 is 13.3. The number of halogens is 1. The second-order valence-electron chi connectivity index (χ2n) is 6.37. The summed E-state index contributed by atoms with van der Waals surface area (Å²) in [5.74, 6) is -0.475. The van der Waals surface area contributed by atoms with Gasteiger partial charge >= 0.3 is 0 Å². The first-order valence-corrected chi connectivity index (χ1v) is 8.32. The van der Waals surface area contributed by atoms with Gasteiger partial charge in [-0.1, -0.05) is 12.1 Å². The van der Waals surface area contributed by atoms with Crippen molar-refractivity contribution in [2.24, 2.45) is 11.7 Å². The average molecular weight is 341 g/mol. The summed E-state index contributed by atoms with van der Waals surface area (Å²) >= 11 is 0. The van der Waals surface area contributed by atoms with Crippen molar-refractivity contribution >= 4 is 11.8 Å². The van der Waals surface area contributed by atoms with E-state index in [9.17, 15) is 14.0 Å². The molecule has 0 atom stereocenters. The normalized spacial score (nSPS) is 15.2. The number of nitrogens with zero attached hydrogens (tertiary/aromatic N) is 2. The van der Waals surface area contributed by atoms with Crippen LogP contribution in [0.25, 0.3) is 0 Å². The summed E-state index contributed by atoms with van der Waals surface area (Å²) in [4.78, 5) is 29.4. The molecule has 1 fully saturated rings. The maximum absolute atomic E-state index is 13.3. The van der Waals surface area contributed by atoms with Crippen molar-refractivity contribution in [3.63, 3.8) is 0 Å². The summed E-state index contributed by atoms with van der Waals surface area (Å²) in [6.45, 7) is 1.30. The molecule has 2 heterocycles. The second-order valence-corrected chi connectivity index (χ2v) is 6.37. The molecule has 0 aliphatic carbocycles. The van der Waals surface area contributed by atoms with E-state index in [-0.39, 0.29) is 17.3 Å². The number of carbonyl (C=O) groups excluding carboxylic acids is 2. The Kier molecular flexibility index (Phi) is 5.07. The molecule has 2 N–H and O–H groups in total. The first-order chi connectivity index (χ1) is 12.0. The predicted molar refractivity (Wildman–Crippen MR) is 91.5 cm³/mol. The Balaban J connectivity index is 1.56. The monoisotopic (exact) mass is 341 g/mol. The van der Waals surface area contributed by atoms with E-state index in [1.54, 1.807) is 17.0 Å². The molecule has 0 unspecified atom stereocenters. The van der Waals surface area contributed by atoms with E-state index in [1.807, 2.05) is 6.07 Å². The number of piperidine rings is 1. The van der Waals surface area contributed by atoms with Crippen molar-refractivity contribution < 1.29 is 14.0 Å². The van der Waals surface area contributed by atoms with E-state index in [1.165, 1.54) is 24.4 Å². The van der Waals surface area contributed by atoms with Gasteiger partial charge in [0.25, 0.3) is 5.91 Å². The lowest BCUT2D eigenvalue weighted by Crippen LogP contribution is -2.39. The maximum Gasteiger partial charge on any atom is 0.272 e. The number of primary amides is 1. The molecular formula is C19H20FN3O2.